The van der Waals surface area contributed by atoms with E-state index >= 15 is 0 Å². The highest BCUT2D eigenvalue weighted by Gasteiger charge is 2.51. The van der Waals surface area contributed by atoms with Crippen LogP contribution in [0, 0.1) is 5.92 Å². The molecule has 0 bridgehead atoms. The first-order valence-electron chi connectivity index (χ1n) is 11.7. The number of carbonyl (C=O) groups is 2. The van der Waals surface area contributed by atoms with Crippen molar-refractivity contribution >= 4 is 11.8 Å². The zero-order chi connectivity index (χ0) is 24.5. The van der Waals surface area contributed by atoms with Crippen molar-refractivity contribution in [2.24, 2.45) is 5.92 Å². The Morgan fingerprint density at radius 1 is 1.09 bits per heavy atom. The summed E-state index contributed by atoms with van der Waals surface area (Å²) in [6.45, 7) is 5.09. The van der Waals surface area contributed by atoms with Crippen LogP contribution in [0.5, 0.6) is 0 Å². The summed E-state index contributed by atoms with van der Waals surface area (Å²) in [5, 5.41) is 3.52. The van der Waals surface area contributed by atoms with Crippen LogP contribution in [-0.2, 0) is 17.5 Å². The normalized spacial score (nSPS) is 20.4. The predicted octanol–water partition coefficient (Wildman–Crippen LogP) is 4.68. The number of alkyl halides is 3. The molecular formula is C26H30F3N3O2. The van der Waals surface area contributed by atoms with E-state index in [0.29, 0.717) is 43.5 Å². The van der Waals surface area contributed by atoms with E-state index in [0.717, 1.165) is 12.1 Å². The minimum absolute atomic E-state index is 0.0528. The number of halogens is 3. The molecule has 2 heterocycles. The number of likely N-dealkylation sites (tertiary alicyclic amines) is 1. The zero-order valence-corrected chi connectivity index (χ0v) is 19.4. The van der Waals surface area contributed by atoms with Gasteiger partial charge in [-0.05, 0) is 42.2 Å². The molecule has 4 rings (SSSR count). The molecule has 1 atom stereocenters. The highest BCUT2D eigenvalue weighted by molar-refractivity contribution is 5.94. The SMILES string of the molecule is CC(C)C[C@@H]1NC2(CCN(C(=O)c3ccccc3)CC2)N(Cc2cccc(C(F)(F)F)c2)C1=O. The van der Waals surface area contributed by atoms with Gasteiger partial charge >= 0.3 is 6.18 Å². The first-order valence-corrected chi connectivity index (χ1v) is 11.7. The Hall–Kier alpha value is -2.87. The van der Waals surface area contributed by atoms with Crippen LogP contribution in [0.15, 0.2) is 54.6 Å². The van der Waals surface area contributed by atoms with Crippen molar-refractivity contribution < 1.29 is 22.8 Å². The van der Waals surface area contributed by atoms with Crippen LogP contribution in [0.25, 0.3) is 0 Å². The summed E-state index contributed by atoms with van der Waals surface area (Å²) in [6.07, 6.45) is -2.76. The summed E-state index contributed by atoms with van der Waals surface area (Å²) >= 11 is 0. The van der Waals surface area contributed by atoms with E-state index in [1.54, 1.807) is 28.0 Å². The highest BCUT2D eigenvalue weighted by atomic mass is 19.4. The van der Waals surface area contributed by atoms with Crippen molar-refractivity contribution in [1.29, 1.82) is 0 Å². The fourth-order valence-electron chi connectivity index (χ4n) is 5.01. The lowest BCUT2D eigenvalue weighted by Gasteiger charge is -2.44. The summed E-state index contributed by atoms with van der Waals surface area (Å²) in [4.78, 5) is 29.8. The van der Waals surface area contributed by atoms with Gasteiger partial charge in [0.05, 0.1) is 17.3 Å². The third-order valence-corrected chi connectivity index (χ3v) is 6.72. The molecule has 2 saturated heterocycles. The van der Waals surface area contributed by atoms with Crippen molar-refractivity contribution in [2.75, 3.05) is 13.1 Å². The third kappa shape index (κ3) is 4.97. The first kappa shape index (κ1) is 24.3. The molecule has 182 valence electrons. The van der Waals surface area contributed by atoms with Crippen LogP contribution in [-0.4, -0.2) is 46.4 Å². The number of amides is 2. The van der Waals surface area contributed by atoms with Crippen molar-refractivity contribution in [2.45, 2.75) is 57.5 Å². The van der Waals surface area contributed by atoms with Gasteiger partial charge in [-0.1, -0.05) is 44.2 Å². The van der Waals surface area contributed by atoms with E-state index in [-0.39, 0.29) is 30.3 Å². The van der Waals surface area contributed by atoms with Crippen LogP contribution < -0.4 is 5.32 Å². The Morgan fingerprint density at radius 2 is 1.76 bits per heavy atom. The Bertz CT molecular complexity index is 1030. The average Bonchev–Trinajstić information content (AvgIpc) is 3.04. The number of hydrogen-bond acceptors (Lipinski definition) is 3. The molecule has 1 spiro atoms. The fraction of sp³-hybridized carbons (Fsp3) is 0.462. The molecule has 2 aromatic carbocycles. The maximum atomic E-state index is 13.4. The maximum absolute atomic E-state index is 13.4. The molecule has 2 amide bonds. The predicted molar refractivity (Wildman–Crippen MR) is 123 cm³/mol. The minimum Gasteiger partial charge on any atom is -0.338 e. The van der Waals surface area contributed by atoms with Crippen molar-refractivity contribution in [1.82, 2.24) is 15.1 Å². The molecule has 2 fully saturated rings. The number of hydrogen-bond donors (Lipinski definition) is 1. The summed E-state index contributed by atoms with van der Waals surface area (Å²) < 4.78 is 39.7. The van der Waals surface area contributed by atoms with Gasteiger partial charge in [-0.25, -0.2) is 0 Å². The van der Waals surface area contributed by atoms with E-state index < -0.39 is 17.4 Å². The standard InChI is InChI=1S/C26H30F3N3O2/c1-18(2)15-22-24(34)32(17-19-7-6-10-21(16-19)26(27,28)29)25(30-22)11-13-31(14-12-25)23(33)20-8-4-3-5-9-20/h3-10,16,18,22,30H,11-15,17H2,1-2H3/t22-/m0/s1. The summed E-state index contributed by atoms with van der Waals surface area (Å²) in [5.41, 5.74) is -0.344. The quantitative estimate of drug-likeness (QED) is 0.686. The second-order valence-electron chi connectivity index (χ2n) is 9.64. The second-order valence-corrected chi connectivity index (χ2v) is 9.64. The Labute approximate surface area is 197 Å². The number of benzene rings is 2. The molecule has 0 radical (unpaired) electrons. The molecule has 0 aliphatic carbocycles. The smallest absolute Gasteiger partial charge is 0.338 e. The van der Waals surface area contributed by atoms with Gasteiger partial charge < -0.3 is 9.80 Å². The molecule has 0 saturated carbocycles. The van der Waals surface area contributed by atoms with Crippen LogP contribution in [0.1, 0.15) is 54.6 Å². The molecule has 2 aliphatic heterocycles. The van der Waals surface area contributed by atoms with Gasteiger partial charge in [0.25, 0.3) is 5.91 Å². The largest absolute Gasteiger partial charge is 0.416 e. The van der Waals surface area contributed by atoms with Gasteiger partial charge in [-0.2, -0.15) is 13.2 Å². The Morgan fingerprint density at radius 3 is 2.38 bits per heavy atom. The summed E-state index contributed by atoms with van der Waals surface area (Å²) in [6, 6.07) is 13.8. The van der Waals surface area contributed by atoms with E-state index in [1.807, 2.05) is 32.0 Å². The van der Waals surface area contributed by atoms with Gasteiger partial charge in [-0.15, -0.1) is 0 Å². The molecular weight excluding hydrogens is 443 g/mol. The number of nitrogens with one attached hydrogen (secondary N) is 1. The molecule has 2 aromatic rings. The zero-order valence-electron chi connectivity index (χ0n) is 19.4. The molecule has 0 aromatic heterocycles. The minimum atomic E-state index is -4.44. The molecule has 1 N–H and O–H groups in total. The Balaban J connectivity index is 1.56. The monoisotopic (exact) mass is 473 g/mol. The first-order chi connectivity index (χ1) is 16.1. The third-order valence-electron chi connectivity index (χ3n) is 6.72. The van der Waals surface area contributed by atoms with Crippen LogP contribution in [0.3, 0.4) is 0 Å². The van der Waals surface area contributed by atoms with Crippen molar-refractivity contribution in [3.63, 3.8) is 0 Å². The Kier molecular flexibility index (Phi) is 6.71. The number of piperidine rings is 1. The van der Waals surface area contributed by atoms with Crippen LogP contribution in [0.2, 0.25) is 0 Å². The second kappa shape index (κ2) is 9.41. The van der Waals surface area contributed by atoms with E-state index in [2.05, 4.69) is 5.32 Å². The van der Waals surface area contributed by atoms with Crippen LogP contribution in [0.4, 0.5) is 13.2 Å². The summed E-state index contributed by atoms with van der Waals surface area (Å²) in [7, 11) is 0. The molecule has 2 aliphatic rings. The molecule has 8 heteroatoms. The van der Waals surface area contributed by atoms with Crippen molar-refractivity contribution in [3.05, 3.63) is 71.3 Å². The van der Waals surface area contributed by atoms with Gasteiger partial charge in [0, 0.05) is 38.0 Å². The average molecular weight is 474 g/mol. The van der Waals surface area contributed by atoms with Gasteiger partial charge in [0.2, 0.25) is 5.91 Å². The van der Waals surface area contributed by atoms with E-state index in [1.165, 1.54) is 6.07 Å². The lowest BCUT2D eigenvalue weighted by atomic mass is 9.94. The van der Waals surface area contributed by atoms with E-state index in [9.17, 15) is 22.8 Å². The lowest BCUT2D eigenvalue weighted by Crippen LogP contribution is -2.59. The fourth-order valence-corrected chi connectivity index (χ4v) is 5.01. The molecule has 34 heavy (non-hydrogen) atoms. The molecule has 5 nitrogen and oxygen atoms in total. The number of nitrogens with zero attached hydrogens (tertiary/aromatic N) is 2. The number of carbonyl (C=O) groups excluding carboxylic acids is 2. The number of rotatable bonds is 5. The van der Waals surface area contributed by atoms with Gasteiger partial charge in [0.15, 0.2) is 0 Å². The maximum Gasteiger partial charge on any atom is 0.416 e. The molecule has 0 unspecified atom stereocenters. The topological polar surface area (TPSA) is 52.7 Å². The van der Waals surface area contributed by atoms with Crippen LogP contribution >= 0.6 is 0 Å². The van der Waals surface area contributed by atoms with Gasteiger partial charge in [0.1, 0.15) is 0 Å². The summed E-state index contributed by atoms with van der Waals surface area (Å²) in [5.74, 6) is 0.142. The lowest BCUT2D eigenvalue weighted by molar-refractivity contribution is -0.137. The van der Waals surface area contributed by atoms with Crippen molar-refractivity contribution in [3.8, 4) is 0 Å². The van der Waals surface area contributed by atoms with E-state index in [4.69, 9.17) is 0 Å². The highest BCUT2D eigenvalue weighted by Crippen LogP contribution is 2.36. The van der Waals surface area contributed by atoms with Gasteiger partial charge in [-0.3, -0.25) is 14.9 Å².